The number of halogens is 1. The van der Waals surface area contributed by atoms with Crippen molar-refractivity contribution in [2.45, 2.75) is 33.0 Å². The second-order valence-electron chi connectivity index (χ2n) is 9.15. The van der Waals surface area contributed by atoms with Crippen LogP contribution in [0.3, 0.4) is 0 Å². The van der Waals surface area contributed by atoms with Gasteiger partial charge in [0.2, 0.25) is 0 Å². The molecule has 0 aliphatic heterocycles. The summed E-state index contributed by atoms with van der Waals surface area (Å²) in [7, 11) is 0. The number of hydrogen-bond donors (Lipinski definition) is 2. The minimum atomic E-state index is -0.591. The molecule has 2 aromatic heterocycles. The highest BCUT2D eigenvalue weighted by Gasteiger charge is 2.17. The van der Waals surface area contributed by atoms with Crippen LogP contribution < -0.4 is 15.8 Å². The molecule has 1 amide bonds. The fourth-order valence-corrected chi connectivity index (χ4v) is 4.50. The van der Waals surface area contributed by atoms with Crippen LogP contribution in [0.5, 0.6) is 5.75 Å². The van der Waals surface area contributed by atoms with Gasteiger partial charge >= 0.3 is 6.09 Å². The van der Waals surface area contributed by atoms with E-state index in [-0.39, 0.29) is 12.4 Å². The number of aromatic nitrogens is 3. The Balaban J connectivity index is 1.30. The minimum absolute atomic E-state index is 0.0487. The van der Waals surface area contributed by atoms with Crippen LogP contribution >= 0.6 is 0 Å². The molecule has 0 bridgehead atoms. The number of benzene rings is 3. The summed E-state index contributed by atoms with van der Waals surface area (Å²) < 4.78 is 28.5. The monoisotopic (exact) mass is 527 g/mol. The maximum Gasteiger partial charge on any atom is 0.411 e. The lowest BCUT2D eigenvalue weighted by molar-refractivity contribution is 0.155. The van der Waals surface area contributed by atoms with E-state index in [0.717, 1.165) is 40.9 Å². The van der Waals surface area contributed by atoms with Crippen LogP contribution in [-0.4, -0.2) is 26.8 Å². The minimum Gasteiger partial charge on any atom is -0.492 e. The number of nitrogens with one attached hydrogen (secondary N) is 1. The van der Waals surface area contributed by atoms with E-state index in [1.54, 1.807) is 24.7 Å². The van der Waals surface area contributed by atoms with Gasteiger partial charge in [-0.25, -0.2) is 14.2 Å². The molecule has 5 rings (SSSR count). The number of fused-ring (bicyclic) bond motifs is 1. The third kappa shape index (κ3) is 6.04. The number of nitrogen functional groups attached to an aromatic ring is 1. The van der Waals surface area contributed by atoms with Crippen molar-refractivity contribution >= 4 is 28.4 Å². The van der Waals surface area contributed by atoms with Gasteiger partial charge in [-0.15, -0.1) is 0 Å². The number of anilines is 2. The zero-order chi connectivity index (χ0) is 27.2. The second kappa shape index (κ2) is 11.7. The van der Waals surface area contributed by atoms with Crippen molar-refractivity contribution in [1.29, 1.82) is 0 Å². The molecule has 0 atom stereocenters. The molecule has 0 saturated heterocycles. The smallest absolute Gasteiger partial charge is 0.411 e. The molecule has 2 heterocycles. The Morgan fingerprint density at radius 2 is 1.85 bits per heavy atom. The van der Waals surface area contributed by atoms with Crippen molar-refractivity contribution in [3.63, 3.8) is 0 Å². The average molecular weight is 528 g/mol. The lowest BCUT2D eigenvalue weighted by Gasteiger charge is -2.12. The molecule has 3 N–H and O–H groups in total. The van der Waals surface area contributed by atoms with Crippen LogP contribution in [0.15, 0.2) is 85.5 Å². The first-order valence-corrected chi connectivity index (χ1v) is 12.8. The number of carbonyl (C=O) groups excluding carboxylic acids is 1. The molecule has 0 saturated carbocycles. The van der Waals surface area contributed by atoms with Gasteiger partial charge in [0.25, 0.3) is 0 Å². The third-order valence-corrected chi connectivity index (χ3v) is 6.39. The SMILES string of the molecule is CCCn1c(-c2ccc(NC(=O)OCc3ccc(F)cc3)cc2)c(N)c2ccc(OCCn3ccnc3)cc21. The van der Waals surface area contributed by atoms with Crippen LogP contribution in [0.25, 0.3) is 22.2 Å². The van der Waals surface area contributed by atoms with Crippen molar-refractivity contribution in [3.05, 3.63) is 96.8 Å². The number of ether oxygens (including phenoxy) is 2. The maximum atomic E-state index is 13.1. The van der Waals surface area contributed by atoms with E-state index in [0.29, 0.717) is 30.1 Å². The molecule has 39 heavy (non-hydrogen) atoms. The molecule has 3 aromatic carbocycles. The first kappa shape index (κ1) is 25.8. The zero-order valence-corrected chi connectivity index (χ0v) is 21.6. The molecule has 9 heteroatoms. The van der Waals surface area contributed by atoms with Crippen molar-refractivity contribution < 1.29 is 18.7 Å². The summed E-state index contributed by atoms with van der Waals surface area (Å²) in [5.74, 6) is 0.444. The Morgan fingerprint density at radius 3 is 2.56 bits per heavy atom. The standard InChI is InChI=1S/C30H30FN5O3/c1-2-14-36-27-18-25(38-17-16-35-15-13-33-20-35)11-12-26(27)28(32)29(36)22-5-9-24(10-6-22)34-30(37)39-19-21-3-7-23(31)8-4-21/h3-13,15,18,20H,2,14,16-17,19,32H2,1H3,(H,34,37). The van der Waals surface area contributed by atoms with Crippen LogP contribution in [-0.2, 0) is 24.4 Å². The molecule has 0 unspecified atom stereocenters. The van der Waals surface area contributed by atoms with Gasteiger partial charge in [0.1, 0.15) is 24.8 Å². The Bertz CT molecular complexity index is 1540. The van der Waals surface area contributed by atoms with Crippen molar-refractivity contribution in [2.75, 3.05) is 17.7 Å². The van der Waals surface area contributed by atoms with Gasteiger partial charge in [0, 0.05) is 41.6 Å². The number of carbonyl (C=O) groups is 1. The molecule has 0 radical (unpaired) electrons. The van der Waals surface area contributed by atoms with Crippen molar-refractivity contribution in [1.82, 2.24) is 14.1 Å². The summed E-state index contributed by atoms with van der Waals surface area (Å²) in [6, 6.07) is 19.3. The molecule has 0 fully saturated rings. The number of aryl methyl sites for hydroxylation is 1. The number of rotatable bonds is 10. The summed E-state index contributed by atoms with van der Waals surface area (Å²) in [4.78, 5) is 16.3. The van der Waals surface area contributed by atoms with Crippen LogP contribution in [0.2, 0.25) is 0 Å². The summed E-state index contributed by atoms with van der Waals surface area (Å²) in [5.41, 5.74) is 11.5. The van der Waals surface area contributed by atoms with Gasteiger partial charge in [-0.05, 0) is 48.4 Å². The first-order valence-electron chi connectivity index (χ1n) is 12.8. The van der Waals surface area contributed by atoms with Crippen molar-refractivity contribution in [2.24, 2.45) is 0 Å². The maximum absolute atomic E-state index is 13.1. The normalized spacial score (nSPS) is 11.0. The number of imidazole rings is 1. The number of hydrogen-bond acceptors (Lipinski definition) is 5. The molecule has 0 aliphatic rings. The van der Waals surface area contributed by atoms with E-state index in [1.165, 1.54) is 12.1 Å². The predicted octanol–water partition coefficient (Wildman–Crippen LogP) is 6.46. The zero-order valence-electron chi connectivity index (χ0n) is 21.6. The fraction of sp³-hybridized carbons (Fsp3) is 0.200. The number of nitrogens with two attached hydrogens (primary N) is 1. The van der Waals surface area contributed by atoms with Crippen LogP contribution in [0.4, 0.5) is 20.6 Å². The number of amides is 1. The Kier molecular flexibility index (Phi) is 7.77. The topological polar surface area (TPSA) is 96.3 Å². The van der Waals surface area contributed by atoms with E-state index in [9.17, 15) is 9.18 Å². The summed E-state index contributed by atoms with van der Waals surface area (Å²) in [6.07, 6.45) is 5.76. The summed E-state index contributed by atoms with van der Waals surface area (Å²) >= 11 is 0. The quantitative estimate of drug-likeness (QED) is 0.217. The van der Waals surface area contributed by atoms with Gasteiger partial charge in [0.15, 0.2) is 0 Å². The molecule has 0 spiro atoms. The predicted molar refractivity (Wildman–Crippen MR) is 150 cm³/mol. The van der Waals surface area contributed by atoms with E-state index >= 15 is 0 Å². The second-order valence-corrected chi connectivity index (χ2v) is 9.15. The Hall–Kier alpha value is -4.79. The lowest BCUT2D eigenvalue weighted by Crippen LogP contribution is -2.13. The van der Waals surface area contributed by atoms with Crippen LogP contribution in [0.1, 0.15) is 18.9 Å². The van der Waals surface area contributed by atoms with E-state index < -0.39 is 6.09 Å². The Morgan fingerprint density at radius 1 is 1.05 bits per heavy atom. The molecule has 200 valence electrons. The molecular weight excluding hydrogens is 497 g/mol. The fourth-order valence-electron chi connectivity index (χ4n) is 4.50. The van der Waals surface area contributed by atoms with Gasteiger partial charge in [-0.3, -0.25) is 5.32 Å². The van der Waals surface area contributed by atoms with Gasteiger partial charge in [-0.2, -0.15) is 0 Å². The molecule has 8 nitrogen and oxygen atoms in total. The highest BCUT2D eigenvalue weighted by molar-refractivity contribution is 6.01. The number of nitrogens with zero attached hydrogens (tertiary/aromatic N) is 3. The third-order valence-electron chi connectivity index (χ3n) is 6.39. The largest absolute Gasteiger partial charge is 0.492 e. The average Bonchev–Trinajstić information content (AvgIpc) is 3.55. The highest BCUT2D eigenvalue weighted by atomic mass is 19.1. The molecule has 0 aliphatic carbocycles. The van der Waals surface area contributed by atoms with Gasteiger partial charge < -0.3 is 24.3 Å². The van der Waals surface area contributed by atoms with E-state index in [1.807, 2.05) is 53.2 Å². The Labute approximate surface area is 225 Å². The lowest BCUT2D eigenvalue weighted by atomic mass is 10.1. The van der Waals surface area contributed by atoms with Gasteiger partial charge in [0.05, 0.1) is 29.8 Å². The van der Waals surface area contributed by atoms with E-state index in [2.05, 4.69) is 21.8 Å². The molecule has 5 aromatic rings. The summed E-state index contributed by atoms with van der Waals surface area (Å²) in [6.45, 7) is 4.20. The van der Waals surface area contributed by atoms with E-state index in [4.69, 9.17) is 15.2 Å². The molecular formula is C30H30FN5O3. The summed E-state index contributed by atoms with van der Waals surface area (Å²) in [5, 5.41) is 3.69. The van der Waals surface area contributed by atoms with Crippen LogP contribution in [0, 0.1) is 5.82 Å². The van der Waals surface area contributed by atoms with Crippen molar-refractivity contribution in [3.8, 4) is 17.0 Å². The first-order chi connectivity index (χ1) is 19.0. The highest BCUT2D eigenvalue weighted by Crippen LogP contribution is 2.38. The van der Waals surface area contributed by atoms with Gasteiger partial charge in [-0.1, -0.05) is 31.2 Å².